The fourth-order valence-electron chi connectivity index (χ4n) is 2.66. The van der Waals surface area contributed by atoms with Gasteiger partial charge in [0.15, 0.2) is 0 Å². The van der Waals surface area contributed by atoms with E-state index in [9.17, 15) is 0 Å². The maximum atomic E-state index is 5.49. The van der Waals surface area contributed by atoms with E-state index in [0.29, 0.717) is 5.92 Å². The molecule has 0 bridgehead atoms. The summed E-state index contributed by atoms with van der Waals surface area (Å²) in [7, 11) is 0. The number of hydrogen-bond donors (Lipinski definition) is 2. The molecule has 0 aliphatic carbocycles. The van der Waals surface area contributed by atoms with Crippen molar-refractivity contribution in [1.29, 1.82) is 0 Å². The maximum Gasteiger partial charge on any atom is 0.0506 e. The Bertz CT molecular complexity index is 500. The molecular formula is C15H20N2O. The van der Waals surface area contributed by atoms with E-state index >= 15 is 0 Å². The van der Waals surface area contributed by atoms with Crippen molar-refractivity contribution in [2.45, 2.75) is 19.4 Å². The summed E-state index contributed by atoms with van der Waals surface area (Å²) < 4.78 is 5.49. The molecule has 96 valence electrons. The molecule has 1 fully saturated rings. The summed E-state index contributed by atoms with van der Waals surface area (Å²) in [6.45, 7) is 3.85. The van der Waals surface area contributed by atoms with Crippen molar-refractivity contribution in [2.24, 2.45) is 5.92 Å². The van der Waals surface area contributed by atoms with Gasteiger partial charge >= 0.3 is 0 Å². The number of nitrogens with one attached hydrogen (secondary N) is 2. The Morgan fingerprint density at radius 3 is 3.17 bits per heavy atom. The Balaban J connectivity index is 1.56. The number of rotatable bonds is 4. The van der Waals surface area contributed by atoms with E-state index in [1.165, 1.54) is 29.3 Å². The first-order valence-electron chi connectivity index (χ1n) is 6.77. The molecule has 1 aromatic heterocycles. The Hall–Kier alpha value is -1.32. The van der Waals surface area contributed by atoms with E-state index in [1.807, 2.05) is 0 Å². The third-order valence-electron chi connectivity index (χ3n) is 3.68. The highest BCUT2D eigenvalue weighted by atomic mass is 16.5. The number of aromatic nitrogens is 1. The molecule has 1 atom stereocenters. The van der Waals surface area contributed by atoms with Crippen LogP contribution in [0.4, 0.5) is 0 Å². The fourth-order valence-corrected chi connectivity index (χ4v) is 2.66. The first-order chi connectivity index (χ1) is 8.93. The summed E-state index contributed by atoms with van der Waals surface area (Å²) in [6.07, 6.45) is 4.61. The molecule has 0 amide bonds. The van der Waals surface area contributed by atoms with Crippen molar-refractivity contribution in [3.05, 3.63) is 36.0 Å². The zero-order valence-electron chi connectivity index (χ0n) is 10.6. The summed E-state index contributed by atoms with van der Waals surface area (Å²) in [5.74, 6) is 0.684. The van der Waals surface area contributed by atoms with Crippen LogP contribution in [0, 0.1) is 5.92 Å². The zero-order valence-corrected chi connectivity index (χ0v) is 10.6. The van der Waals surface area contributed by atoms with Gasteiger partial charge in [-0.3, -0.25) is 0 Å². The van der Waals surface area contributed by atoms with Gasteiger partial charge in [0, 0.05) is 36.8 Å². The molecule has 1 saturated heterocycles. The van der Waals surface area contributed by atoms with Crippen molar-refractivity contribution in [3.63, 3.8) is 0 Å². The SMILES string of the molecule is c1ccc2c(CNCC3CCCOC3)c[nH]c2c1. The quantitative estimate of drug-likeness (QED) is 0.867. The molecule has 1 aromatic carbocycles. The molecule has 2 heterocycles. The number of hydrogen-bond acceptors (Lipinski definition) is 2. The lowest BCUT2D eigenvalue weighted by Gasteiger charge is -2.22. The Kier molecular flexibility index (Phi) is 3.62. The molecule has 0 saturated carbocycles. The summed E-state index contributed by atoms with van der Waals surface area (Å²) in [4.78, 5) is 3.31. The standard InChI is InChI=1S/C15H20N2O/c1-2-6-15-14(5-1)13(10-17-15)9-16-8-12-4-3-7-18-11-12/h1-2,5-6,10,12,16-17H,3-4,7-9,11H2. The molecule has 1 unspecified atom stereocenters. The lowest BCUT2D eigenvalue weighted by molar-refractivity contribution is 0.0547. The maximum absolute atomic E-state index is 5.49. The fraction of sp³-hybridized carbons (Fsp3) is 0.467. The third kappa shape index (κ3) is 2.57. The molecule has 0 radical (unpaired) electrons. The number of fused-ring (bicyclic) bond motifs is 1. The van der Waals surface area contributed by atoms with Gasteiger partial charge in [-0.05, 0) is 30.4 Å². The predicted molar refractivity (Wildman–Crippen MR) is 73.5 cm³/mol. The first-order valence-corrected chi connectivity index (χ1v) is 6.77. The Labute approximate surface area is 108 Å². The van der Waals surface area contributed by atoms with E-state index in [1.54, 1.807) is 0 Å². The van der Waals surface area contributed by atoms with Gasteiger partial charge in [0.05, 0.1) is 6.61 Å². The van der Waals surface area contributed by atoms with Crippen LogP contribution in [0.5, 0.6) is 0 Å². The van der Waals surface area contributed by atoms with E-state index in [4.69, 9.17) is 4.74 Å². The van der Waals surface area contributed by atoms with Crippen molar-refractivity contribution in [3.8, 4) is 0 Å². The van der Waals surface area contributed by atoms with Gasteiger partial charge in [-0.15, -0.1) is 0 Å². The van der Waals surface area contributed by atoms with Gasteiger partial charge in [0.25, 0.3) is 0 Å². The van der Waals surface area contributed by atoms with Crippen LogP contribution in [0.3, 0.4) is 0 Å². The van der Waals surface area contributed by atoms with Crippen LogP contribution < -0.4 is 5.32 Å². The van der Waals surface area contributed by atoms with Gasteiger partial charge in [-0.2, -0.15) is 0 Å². The number of benzene rings is 1. The number of ether oxygens (including phenoxy) is 1. The van der Waals surface area contributed by atoms with Crippen LogP contribution in [0.2, 0.25) is 0 Å². The highest BCUT2D eigenvalue weighted by Gasteiger charge is 2.13. The Morgan fingerprint density at radius 1 is 1.33 bits per heavy atom. The normalized spacial score (nSPS) is 20.3. The molecule has 3 rings (SSSR count). The smallest absolute Gasteiger partial charge is 0.0506 e. The second-order valence-corrected chi connectivity index (χ2v) is 5.07. The molecule has 2 N–H and O–H groups in total. The highest BCUT2D eigenvalue weighted by Crippen LogP contribution is 2.18. The second kappa shape index (κ2) is 5.55. The average molecular weight is 244 g/mol. The molecule has 18 heavy (non-hydrogen) atoms. The number of para-hydroxylation sites is 1. The van der Waals surface area contributed by atoms with Crippen molar-refractivity contribution in [2.75, 3.05) is 19.8 Å². The molecule has 0 spiro atoms. The summed E-state index contributed by atoms with van der Waals surface area (Å²) in [5.41, 5.74) is 2.57. The average Bonchev–Trinajstić information content (AvgIpc) is 2.84. The molecule has 1 aliphatic rings. The lowest BCUT2D eigenvalue weighted by atomic mass is 10.0. The zero-order chi connectivity index (χ0) is 12.2. The number of H-pyrrole nitrogens is 1. The molecule has 2 aromatic rings. The topological polar surface area (TPSA) is 37.0 Å². The number of aromatic amines is 1. The second-order valence-electron chi connectivity index (χ2n) is 5.07. The van der Waals surface area contributed by atoms with Crippen LogP contribution in [0.1, 0.15) is 18.4 Å². The minimum atomic E-state index is 0.684. The van der Waals surface area contributed by atoms with E-state index in [2.05, 4.69) is 40.8 Å². The van der Waals surface area contributed by atoms with E-state index in [-0.39, 0.29) is 0 Å². The van der Waals surface area contributed by atoms with Crippen LogP contribution in [-0.4, -0.2) is 24.7 Å². The monoisotopic (exact) mass is 244 g/mol. The van der Waals surface area contributed by atoms with Crippen LogP contribution >= 0.6 is 0 Å². The highest BCUT2D eigenvalue weighted by molar-refractivity contribution is 5.82. The van der Waals surface area contributed by atoms with Gasteiger partial charge in [-0.1, -0.05) is 18.2 Å². The van der Waals surface area contributed by atoms with Crippen LogP contribution in [-0.2, 0) is 11.3 Å². The predicted octanol–water partition coefficient (Wildman–Crippen LogP) is 2.68. The molecule has 3 heteroatoms. The summed E-state index contributed by atoms with van der Waals surface area (Å²) in [5, 5.41) is 4.87. The van der Waals surface area contributed by atoms with Crippen molar-refractivity contribution >= 4 is 10.9 Å². The van der Waals surface area contributed by atoms with Crippen molar-refractivity contribution in [1.82, 2.24) is 10.3 Å². The minimum Gasteiger partial charge on any atom is -0.381 e. The van der Waals surface area contributed by atoms with E-state index in [0.717, 1.165) is 26.3 Å². The molecule has 1 aliphatic heterocycles. The van der Waals surface area contributed by atoms with Crippen LogP contribution in [0.15, 0.2) is 30.5 Å². The Morgan fingerprint density at radius 2 is 2.28 bits per heavy atom. The largest absolute Gasteiger partial charge is 0.381 e. The first kappa shape index (κ1) is 11.8. The summed E-state index contributed by atoms with van der Waals surface area (Å²) >= 11 is 0. The van der Waals surface area contributed by atoms with Crippen molar-refractivity contribution < 1.29 is 4.74 Å². The molecular weight excluding hydrogens is 224 g/mol. The van der Waals surface area contributed by atoms with Crippen LogP contribution in [0.25, 0.3) is 10.9 Å². The lowest BCUT2D eigenvalue weighted by Crippen LogP contribution is -2.28. The molecule has 3 nitrogen and oxygen atoms in total. The summed E-state index contributed by atoms with van der Waals surface area (Å²) in [6, 6.07) is 8.45. The van der Waals surface area contributed by atoms with Gasteiger partial charge in [0.2, 0.25) is 0 Å². The minimum absolute atomic E-state index is 0.684. The van der Waals surface area contributed by atoms with Gasteiger partial charge < -0.3 is 15.0 Å². The van der Waals surface area contributed by atoms with E-state index < -0.39 is 0 Å². The third-order valence-corrected chi connectivity index (χ3v) is 3.68. The van der Waals surface area contributed by atoms with Gasteiger partial charge in [-0.25, -0.2) is 0 Å². The van der Waals surface area contributed by atoms with Gasteiger partial charge in [0.1, 0.15) is 0 Å².